The maximum atomic E-state index is 11.8. The van der Waals surface area contributed by atoms with Gasteiger partial charge < -0.3 is 19.9 Å². The molecule has 0 bridgehead atoms. The fourth-order valence-corrected chi connectivity index (χ4v) is 3.65. The summed E-state index contributed by atoms with van der Waals surface area (Å²) in [6, 6.07) is 0. The number of rotatable bonds is 11. The lowest BCUT2D eigenvalue weighted by atomic mass is 9.97. The Bertz CT molecular complexity index is 509. The number of hydrogen-bond donors (Lipinski definition) is 2. The van der Waals surface area contributed by atoms with Crippen LogP contribution in [0.5, 0.6) is 0 Å². The van der Waals surface area contributed by atoms with E-state index in [1.165, 1.54) is 0 Å². The highest BCUT2D eigenvalue weighted by atomic mass is 16.6. The average molecular weight is 430 g/mol. The van der Waals surface area contributed by atoms with E-state index in [0.29, 0.717) is 13.2 Å². The number of aliphatic hydroxyl groups is 1. The third-order valence-corrected chi connectivity index (χ3v) is 5.74. The molecule has 7 nitrogen and oxygen atoms in total. The highest BCUT2D eigenvalue weighted by molar-refractivity contribution is 5.67. The zero-order valence-corrected chi connectivity index (χ0v) is 20.7. The molecular weight excluding hydrogens is 382 g/mol. The lowest BCUT2D eigenvalue weighted by Gasteiger charge is -2.45. The minimum Gasteiger partial charge on any atom is -0.444 e. The van der Waals surface area contributed by atoms with Crippen LogP contribution in [0.3, 0.4) is 0 Å². The van der Waals surface area contributed by atoms with Gasteiger partial charge in [0.2, 0.25) is 0 Å². The van der Waals surface area contributed by atoms with E-state index < -0.39 is 5.60 Å². The van der Waals surface area contributed by atoms with E-state index in [1.54, 1.807) is 0 Å². The second-order valence-corrected chi connectivity index (χ2v) is 10.6. The minimum absolute atomic E-state index is 0.0483. The molecule has 1 saturated heterocycles. The Morgan fingerprint density at radius 3 is 2.17 bits per heavy atom. The summed E-state index contributed by atoms with van der Waals surface area (Å²) >= 11 is 0. The Labute approximate surface area is 184 Å². The second kappa shape index (κ2) is 11.7. The third kappa shape index (κ3) is 10.4. The molecule has 0 aromatic rings. The molecule has 1 aliphatic rings. The molecule has 1 unspecified atom stereocenters. The summed E-state index contributed by atoms with van der Waals surface area (Å²) in [5.74, 6) is 0. The van der Waals surface area contributed by atoms with E-state index in [0.717, 1.165) is 51.9 Å². The number of nitrogens with zero attached hydrogens (tertiary/aromatic N) is 2. The summed E-state index contributed by atoms with van der Waals surface area (Å²) in [4.78, 5) is 16.5. The van der Waals surface area contributed by atoms with Crippen LogP contribution in [0.1, 0.15) is 81.1 Å². The Kier molecular flexibility index (Phi) is 10.5. The smallest absolute Gasteiger partial charge is 0.407 e. The SMILES string of the molecule is CCCC(O)N1CCN(C(C)(C)CCOC(C)(C)CCNC(=O)OC(C)(C)C)CC1. The Morgan fingerprint density at radius 2 is 1.63 bits per heavy atom. The second-order valence-electron chi connectivity index (χ2n) is 10.6. The van der Waals surface area contributed by atoms with Crippen molar-refractivity contribution in [3.05, 3.63) is 0 Å². The van der Waals surface area contributed by atoms with Crippen LogP contribution < -0.4 is 5.32 Å². The monoisotopic (exact) mass is 429 g/mol. The van der Waals surface area contributed by atoms with Crippen LogP contribution >= 0.6 is 0 Å². The first kappa shape index (κ1) is 27.1. The molecule has 30 heavy (non-hydrogen) atoms. The molecule has 1 fully saturated rings. The summed E-state index contributed by atoms with van der Waals surface area (Å²) in [5, 5.41) is 13.0. The predicted octanol–water partition coefficient (Wildman–Crippen LogP) is 3.60. The molecule has 0 aromatic carbocycles. The standard InChI is InChI=1S/C23H47N3O4/c1-9-10-19(27)25-14-16-26(17-15-25)22(5,6)12-18-29-23(7,8)11-13-24-20(28)30-21(2,3)4/h19,27H,9-18H2,1-8H3,(H,24,28). The average Bonchev–Trinajstić information content (AvgIpc) is 2.60. The van der Waals surface area contributed by atoms with Crippen molar-refractivity contribution in [2.24, 2.45) is 0 Å². The van der Waals surface area contributed by atoms with E-state index in [4.69, 9.17) is 9.47 Å². The highest BCUT2D eigenvalue weighted by Gasteiger charge is 2.32. The van der Waals surface area contributed by atoms with Crippen molar-refractivity contribution in [3.8, 4) is 0 Å². The molecule has 1 atom stereocenters. The predicted molar refractivity (Wildman–Crippen MR) is 122 cm³/mol. The zero-order chi connectivity index (χ0) is 23.0. The van der Waals surface area contributed by atoms with Crippen molar-refractivity contribution in [3.63, 3.8) is 0 Å². The van der Waals surface area contributed by atoms with Crippen LogP contribution in [-0.4, -0.2) is 83.3 Å². The van der Waals surface area contributed by atoms with Gasteiger partial charge in [0, 0.05) is 44.9 Å². The van der Waals surface area contributed by atoms with E-state index >= 15 is 0 Å². The zero-order valence-electron chi connectivity index (χ0n) is 20.7. The number of hydrogen-bond acceptors (Lipinski definition) is 6. The van der Waals surface area contributed by atoms with Gasteiger partial charge in [-0.25, -0.2) is 4.79 Å². The van der Waals surface area contributed by atoms with Crippen LogP contribution in [0.25, 0.3) is 0 Å². The molecule has 178 valence electrons. The van der Waals surface area contributed by atoms with Crippen molar-refractivity contribution in [1.82, 2.24) is 15.1 Å². The summed E-state index contributed by atoms with van der Waals surface area (Å²) in [6.07, 6.45) is 2.82. The van der Waals surface area contributed by atoms with Crippen molar-refractivity contribution in [2.45, 2.75) is 104 Å². The molecule has 0 spiro atoms. The molecule has 1 aliphatic heterocycles. The quantitative estimate of drug-likeness (QED) is 0.523. The first-order valence-electron chi connectivity index (χ1n) is 11.5. The normalized spacial score (nSPS) is 18.3. The van der Waals surface area contributed by atoms with Gasteiger partial charge in [-0.1, -0.05) is 13.3 Å². The van der Waals surface area contributed by atoms with E-state index in [-0.39, 0.29) is 23.5 Å². The van der Waals surface area contributed by atoms with Gasteiger partial charge in [0.25, 0.3) is 0 Å². The minimum atomic E-state index is -0.485. The van der Waals surface area contributed by atoms with Crippen LogP contribution in [0, 0.1) is 0 Å². The van der Waals surface area contributed by atoms with E-state index in [9.17, 15) is 9.90 Å². The molecule has 0 aromatic heterocycles. The molecule has 0 radical (unpaired) electrons. The summed E-state index contributed by atoms with van der Waals surface area (Å²) in [5.41, 5.74) is -0.748. The van der Waals surface area contributed by atoms with Crippen molar-refractivity contribution >= 4 is 6.09 Å². The van der Waals surface area contributed by atoms with Gasteiger partial charge in [-0.05, 0) is 67.7 Å². The van der Waals surface area contributed by atoms with Gasteiger partial charge in [-0.2, -0.15) is 0 Å². The topological polar surface area (TPSA) is 74.3 Å². The fourth-order valence-electron chi connectivity index (χ4n) is 3.65. The third-order valence-electron chi connectivity index (χ3n) is 5.74. The first-order valence-corrected chi connectivity index (χ1v) is 11.5. The summed E-state index contributed by atoms with van der Waals surface area (Å²) < 4.78 is 11.4. The number of amides is 1. The molecule has 1 amide bonds. The van der Waals surface area contributed by atoms with Crippen LogP contribution in [0.15, 0.2) is 0 Å². The number of ether oxygens (including phenoxy) is 2. The van der Waals surface area contributed by atoms with Crippen molar-refractivity contribution in [1.29, 1.82) is 0 Å². The summed E-state index contributed by atoms with van der Waals surface area (Å²) in [6.45, 7) is 21.3. The molecule has 0 aliphatic carbocycles. The number of piperazine rings is 1. The lowest BCUT2D eigenvalue weighted by molar-refractivity contribution is -0.0648. The van der Waals surface area contributed by atoms with Crippen LogP contribution in [-0.2, 0) is 9.47 Å². The van der Waals surface area contributed by atoms with Crippen LogP contribution in [0.2, 0.25) is 0 Å². The van der Waals surface area contributed by atoms with Crippen molar-refractivity contribution in [2.75, 3.05) is 39.3 Å². The molecule has 0 saturated carbocycles. The number of carbonyl (C=O) groups is 1. The van der Waals surface area contributed by atoms with Gasteiger partial charge in [0.15, 0.2) is 0 Å². The molecule has 1 rings (SSSR count). The Balaban J connectivity index is 2.32. The van der Waals surface area contributed by atoms with E-state index in [1.807, 2.05) is 20.8 Å². The lowest BCUT2D eigenvalue weighted by Crippen LogP contribution is -2.56. The largest absolute Gasteiger partial charge is 0.444 e. The molecule has 1 heterocycles. The summed E-state index contributed by atoms with van der Waals surface area (Å²) in [7, 11) is 0. The highest BCUT2D eigenvalue weighted by Crippen LogP contribution is 2.24. The number of alkyl carbamates (subject to hydrolysis) is 1. The van der Waals surface area contributed by atoms with Crippen molar-refractivity contribution < 1.29 is 19.4 Å². The van der Waals surface area contributed by atoms with Gasteiger partial charge in [0.05, 0.1) is 5.60 Å². The molecular formula is C23H47N3O4. The van der Waals surface area contributed by atoms with E-state index in [2.05, 4.69) is 49.7 Å². The Hall–Kier alpha value is -0.890. The number of carbonyl (C=O) groups excluding carboxylic acids is 1. The first-order chi connectivity index (χ1) is 13.8. The maximum absolute atomic E-state index is 11.8. The Morgan fingerprint density at radius 1 is 1.03 bits per heavy atom. The fraction of sp³-hybridized carbons (Fsp3) is 0.957. The number of nitrogens with one attached hydrogen (secondary N) is 1. The number of aliphatic hydroxyl groups excluding tert-OH is 1. The van der Waals surface area contributed by atoms with Gasteiger partial charge in [0.1, 0.15) is 11.8 Å². The van der Waals surface area contributed by atoms with Gasteiger partial charge >= 0.3 is 6.09 Å². The van der Waals surface area contributed by atoms with Gasteiger partial charge in [-0.15, -0.1) is 0 Å². The van der Waals surface area contributed by atoms with Crippen LogP contribution in [0.4, 0.5) is 4.79 Å². The van der Waals surface area contributed by atoms with Gasteiger partial charge in [-0.3, -0.25) is 9.80 Å². The molecule has 2 N–H and O–H groups in total. The maximum Gasteiger partial charge on any atom is 0.407 e. The molecule has 7 heteroatoms.